The van der Waals surface area contributed by atoms with Gasteiger partial charge in [0.1, 0.15) is 0 Å². The van der Waals surface area contributed by atoms with Crippen LogP contribution in [0.3, 0.4) is 0 Å². The van der Waals surface area contributed by atoms with Gasteiger partial charge in [0.25, 0.3) is 0 Å². The fourth-order valence-corrected chi connectivity index (χ4v) is 3.55. The minimum absolute atomic E-state index is 0.00504. The van der Waals surface area contributed by atoms with Crippen LogP contribution in [0.5, 0.6) is 0 Å². The van der Waals surface area contributed by atoms with Crippen LogP contribution in [-0.4, -0.2) is 18.2 Å². The van der Waals surface area contributed by atoms with Gasteiger partial charge in [-0.1, -0.05) is 57.0 Å². The minimum Gasteiger partial charge on any atom is -0.375 e. The fourth-order valence-electron chi connectivity index (χ4n) is 3.55. The van der Waals surface area contributed by atoms with E-state index in [4.69, 9.17) is 4.74 Å². The van der Waals surface area contributed by atoms with Gasteiger partial charge in [0.2, 0.25) is 0 Å². The molecule has 1 aliphatic rings. The molecule has 2 nitrogen and oxygen atoms in total. The van der Waals surface area contributed by atoms with Gasteiger partial charge in [0.15, 0.2) is 0 Å². The number of nitrogens with one attached hydrogen (secondary N) is 1. The van der Waals surface area contributed by atoms with E-state index in [1.54, 1.807) is 0 Å². The molecule has 0 aliphatic carbocycles. The first kappa shape index (κ1) is 16.5. The Bertz CT molecular complexity index is 411. The average molecular weight is 289 g/mol. The van der Waals surface area contributed by atoms with Crippen molar-refractivity contribution in [3.05, 3.63) is 35.9 Å². The van der Waals surface area contributed by atoms with E-state index < -0.39 is 0 Å². The Morgan fingerprint density at radius 2 is 1.86 bits per heavy atom. The van der Waals surface area contributed by atoms with Crippen LogP contribution in [0, 0.1) is 5.92 Å². The molecule has 1 aromatic rings. The van der Waals surface area contributed by atoms with E-state index in [-0.39, 0.29) is 5.60 Å². The lowest BCUT2D eigenvalue weighted by molar-refractivity contribution is -0.0651. The number of ether oxygens (including phenoxy) is 1. The lowest BCUT2D eigenvalue weighted by Gasteiger charge is -2.39. The maximum Gasteiger partial charge on any atom is 0.0641 e. The third kappa shape index (κ3) is 4.55. The summed E-state index contributed by atoms with van der Waals surface area (Å²) < 4.78 is 5.86. The molecular formula is C19H31NO. The largest absolute Gasteiger partial charge is 0.375 e. The van der Waals surface area contributed by atoms with Crippen LogP contribution in [0.1, 0.15) is 65.0 Å². The Balaban J connectivity index is 2.12. The van der Waals surface area contributed by atoms with Crippen LogP contribution in [0.2, 0.25) is 0 Å². The molecule has 1 aliphatic heterocycles. The smallest absolute Gasteiger partial charge is 0.0641 e. The van der Waals surface area contributed by atoms with E-state index in [2.05, 4.69) is 63.3 Å². The number of rotatable bonds is 6. The first-order valence-electron chi connectivity index (χ1n) is 8.50. The molecule has 2 atom stereocenters. The molecule has 118 valence electrons. The molecule has 2 rings (SSSR count). The first-order valence-corrected chi connectivity index (χ1v) is 8.50. The topological polar surface area (TPSA) is 21.3 Å². The van der Waals surface area contributed by atoms with Crippen molar-refractivity contribution in [1.29, 1.82) is 0 Å². The van der Waals surface area contributed by atoms with Gasteiger partial charge in [-0.15, -0.1) is 0 Å². The van der Waals surface area contributed by atoms with E-state index in [1.165, 1.54) is 18.4 Å². The van der Waals surface area contributed by atoms with E-state index in [9.17, 15) is 0 Å². The molecule has 1 fully saturated rings. The highest BCUT2D eigenvalue weighted by Gasteiger charge is 2.31. The van der Waals surface area contributed by atoms with Crippen molar-refractivity contribution in [3.63, 3.8) is 0 Å². The summed E-state index contributed by atoms with van der Waals surface area (Å²) in [6.07, 6.45) is 4.65. The molecule has 2 unspecified atom stereocenters. The number of hydrogen-bond acceptors (Lipinski definition) is 2. The van der Waals surface area contributed by atoms with E-state index in [1.807, 2.05) is 0 Å². The van der Waals surface area contributed by atoms with Crippen molar-refractivity contribution < 1.29 is 4.74 Å². The Morgan fingerprint density at radius 3 is 2.43 bits per heavy atom. The van der Waals surface area contributed by atoms with Crippen molar-refractivity contribution in [1.82, 2.24) is 5.32 Å². The molecule has 1 aromatic carbocycles. The zero-order chi connectivity index (χ0) is 15.3. The number of hydrogen-bond donors (Lipinski definition) is 1. The summed E-state index contributed by atoms with van der Waals surface area (Å²) in [5.74, 6) is 0.693. The second-order valence-corrected chi connectivity index (χ2v) is 6.93. The molecule has 1 heterocycles. The van der Waals surface area contributed by atoms with Gasteiger partial charge in [0.05, 0.1) is 5.60 Å². The third-order valence-corrected chi connectivity index (χ3v) is 4.79. The molecule has 1 N–H and O–H groups in total. The summed E-state index contributed by atoms with van der Waals surface area (Å²) >= 11 is 0. The third-order valence-electron chi connectivity index (χ3n) is 4.79. The van der Waals surface area contributed by atoms with Crippen LogP contribution < -0.4 is 5.32 Å². The van der Waals surface area contributed by atoms with Crippen LogP contribution in [0.15, 0.2) is 30.3 Å². The summed E-state index contributed by atoms with van der Waals surface area (Å²) in [5, 5.41) is 3.95. The van der Waals surface area contributed by atoms with Gasteiger partial charge < -0.3 is 10.1 Å². The highest BCUT2D eigenvalue weighted by Crippen LogP contribution is 2.31. The summed E-state index contributed by atoms with van der Waals surface area (Å²) in [6.45, 7) is 9.89. The second-order valence-electron chi connectivity index (χ2n) is 6.93. The normalized spacial score (nSPS) is 23.2. The molecule has 0 bridgehead atoms. The predicted molar refractivity (Wildman–Crippen MR) is 89.4 cm³/mol. The molecule has 0 saturated carbocycles. The molecule has 0 aromatic heterocycles. The van der Waals surface area contributed by atoms with Crippen molar-refractivity contribution in [2.24, 2.45) is 5.92 Å². The predicted octanol–water partition coefficient (Wildman–Crippen LogP) is 4.71. The van der Waals surface area contributed by atoms with Crippen LogP contribution in [0.25, 0.3) is 0 Å². The van der Waals surface area contributed by atoms with Gasteiger partial charge >= 0.3 is 0 Å². The second kappa shape index (κ2) is 7.42. The van der Waals surface area contributed by atoms with E-state index in [0.717, 1.165) is 19.4 Å². The molecule has 0 radical (unpaired) electrons. The van der Waals surface area contributed by atoms with Gasteiger partial charge in [0, 0.05) is 18.7 Å². The van der Waals surface area contributed by atoms with Gasteiger partial charge in [-0.2, -0.15) is 0 Å². The quantitative estimate of drug-likeness (QED) is 0.819. The van der Waals surface area contributed by atoms with Crippen LogP contribution in [-0.2, 0) is 4.74 Å². The Hall–Kier alpha value is -0.860. The van der Waals surface area contributed by atoms with Crippen molar-refractivity contribution in [3.8, 4) is 0 Å². The van der Waals surface area contributed by atoms with Crippen LogP contribution >= 0.6 is 0 Å². The average Bonchev–Trinajstić information content (AvgIpc) is 2.47. The minimum atomic E-state index is 0.00504. The SMILES string of the molecule is CCC(CC)C(NC1CCOC(C)(C)C1)c1ccccc1. The molecule has 1 saturated heterocycles. The molecule has 0 spiro atoms. The number of benzene rings is 1. The fraction of sp³-hybridized carbons (Fsp3) is 0.684. The Kier molecular flexibility index (Phi) is 5.83. The highest BCUT2D eigenvalue weighted by molar-refractivity contribution is 5.20. The van der Waals surface area contributed by atoms with Gasteiger partial charge in [-0.3, -0.25) is 0 Å². The van der Waals surface area contributed by atoms with Gasteiger partial charge in [-0.25, -0.2) is 0 Å². The maximum atomic E-state index is 5.86. The van der Waals surface area contributed by atoms with E-state index >= 15 is 0 Å². The first-order chi connectivity index (χ1) is 10.1. The summed E-state index contributed by atoms with van der Waals surface area (Å²) in [6, 6.07) is 12.0. The Morgan fingerprint density at radius 1 is 1.19 bits per heavy atom. The van der Waals surface area contributed by atoms with Gasteiger partial charge in [-0.05, 0) is 38.2 Å². The zero-order valence-corrected chi connectivity index (χ0v) is 14.1. The molecule has 21 heavy (non-hydrogen) atoms. The van der Waals surface area contributed by atoms with Crippen molar-refractivity contribution >= 4 is 0 Å². The Labute approximate surface area is 130 Å². The summed E-state index contributed by atoms with van der Waals surface area (Å²) in [4.78, 5) is 0. The monoisotopic (exact) mass is 289 g/mol. The lowest BCUT2D eigenvalue weighted by atomic mass is 9.86. The van der Waals surface area contributed by atoms with Crippen molar-refractivity contribution in [2.75, 3.05) is 6.61 Å². The maximum absolute atomic E-state index is 5.86. The summed E-state index contributed by atoms with van der Waals surface area (Å²) in [5.41, 5.74) is 1.43. The molecular weight excluding hydrogens is 258 g/mol. The van der Waals surface area contributed by atoms with Crippen molar-refractivity contribution in [2.45, 2.75) is 71.1 Å². The lowest BCUT2D eigenvalue weighted by Crippen LogP contribution is -2.46. The standard InChI is InChI=1S/C19H31NO/c1-5-15(6-2)18(16-10-8-7-9-11-16)20-17-12-13-21-19(3,4)14-17/h7-11,15,17-18,20H,5-6,12-14H2,1-4H3. The van der Waals surface area contributed by atoms with E-state index in [0.29, 0.717) is 18.0 Å². The highest BCUT2D eigenvalue weighted by atomic mass is 16.5. The summed E-state index contributed by atoms with van der Waals surface area (Å²) in [7, 11) is 0. The van der Waals surface area contributed by atoms with Crippen LogP contribution in [0.4, 0.5) is 0 Å². The zero-order valence-electron chi connectivity index (χ0n) is 14.1. The molecule has 0 amide bonds. The molecule has 2 heteroatoms.